The molecule has 2 rings (SSSR count). The zero-order chi connectivity index (χ0) is 14.9. The van der Waals surface area contributed by atoms with Crippen LogP contribution in [0.3, 0.4) is 0 Å². The number of aromatic nitrogens is 2. The summed E-state index contributed by atoms with van der Waals surface area (Å²) in [4.78, 5) is 16.9. The van der Waals surface area contributed by atoms with Crippen LogP contribution in [0.15, 0.2) is 33.9 Å². The first-order chi connectivity index (χ1) is 9.29. The number of H-pyrrole nitrogens is 1. The van der Waals surface area contributed by atoms with Crippen LogP contribution in [0.4, 0.5) is 5.82 Å². The van der Waals surface area contributed by atoms with Gasteiger partial charge in [0.05, 0.1) is 0 Å². The molecule has 2 aromatic heterocycles. The number of carbonyl (C=O) groups is 1. The molecule has 0 bridgehead atoms. The van der Waals surface area contributed by atoms with Gasteiger partial charge in [-0.05, 0) is 40.5 Å². The quantitative estimate of drug-likeness (QED) is 0.772. The van der Waals surface area contributed by atoms with E-state index in [1.807, 2.05) is 0 Å². The number of aromatic amines is 1. The molecule has 0 atom stereocenters. The number of rotatable bonds is 4. The Hall–Kier alpha value is -1.87. The van der Waals surface area contributed by atoms with Crippen LogP contribution in [0.2, 0.25) is 0 Å². The summed E-state index contributed by atoms with van der Waals surface area (Å²) < 4.78 is 27.2. The minimum Gasteiger partial charge on any atom is -0.477 e. The first-order valence-corrected chi connectivity index (χ1v) is 7.64. The fourth-order valence-electron chi connectivity index (χ4n) is 1.49. The predicted molar refractivity (Wildman–Crippen MR) is 75.2 cm³/mol. The van der Waals surface area contributed by atoms with Gasteiger partial charge in [-0.25, -0.2) is 18.2 Å². The summed E-state index contributed by atoms with van der Waals surface area (Å²) in [6.07, 6.45) is 2.57. The van der Waals surface area contributed by atoms with Crippen molar-refractivity contribution in [2.24, 2.45) is 0 Å². The Bertz CT molecular complexity index is 770. The maximum atomic E-state index is 12.1. The van der Waals surface area contributed by atoms with Crippen molar-refractivity contribution < 1.29 is 18.3 Å². The average Bonchev–Trinajstić information content (AvgIpc) is 2.83. The molecular formula is C11H10BrN3O4S. The van der Waals surface area contributed by atoms with Crippen molar-refractivity contribution in [3.05, 3.63) is 40.3 Å². The third kappa shape index (κ3) is 2.99. The van der Waals surface area contributed by atoms with E-state index in [4.69, 9.17) is 5.11 Å². The van der Waals surface area contributed by atoms with Crippen molar-refractivity contribution in [1.82, 2.24) is 9.97 Å². The van der Waals surface area contributed by atoms with Crippen LogP contribution < -0.4 is 4.72 Å². The van der Waals surface area contributed by atoms with Gasteiger partial charge in [-0.2, -0.15) is 0 Å². The van der Waals surface area contributed by atoms with Gasteiger partial charge in [0.2, 0.25) is 0 Å². The molecule has 0 fully saturated rings. The molecule has 0 unspecified atom stereocenters. The lowest BCUT2D eigenvalue weighted by molar-refractivity contribution is 0.0691. The molecule has 3 N–H and O–H groups in total. The number of hydrogen-bond acceptors (Lipinski definition) is 4. The molecule has 0 aliphatic heterocycles. The second-order valence-electron chi connectivity index (χ2n) is 3.98. The number of anilines is 1. The Morgan fingerprint density at radius 2 is 2.15 bits per heavy atom. The van der Waals surface area contributed by atoms with E-state index in [-0.39, 0.29) is 16.4 Å². The molecule has 0 aliphatic rings. The van der Waals surface area contributed by atoms with E-state index in [9.17, 15) is 13.2 Å². The van der Waals surface area contributed by atoms with E-state index in [1.165, 1.54) is 6.20 Å². The Labute approximate surface area is 123 Å². The fraction of sp³-hybridized carbons (Fsp3) is 0.0909. The smallest absolute Gasteiger partial charge is 0.352 e. The molecular weight excluding hydrogens is 350 g/mol. The van der Waals surface area contributed by atoms with Crippen molar-refractivity contribution in [2.75, 3.05) is 4.72 Å². The molecule has 0 radical (unpaired) electrons. The molecule has 2 aromatic rings. The normalized spacial score (nSPS) is 11.3. The number of aromatic carboxylic acids is 1. The zero-order valence-corrected chi connectivity index (χ0v) is 12.6. The summed E-state index contributed by atoms with van der Waals surface area (Å²) in [5.74, 6) is -1.05. The lowest BCUT2D eigenvalue weighted by Crippen LogP contribution is -2.14. The van der Waals surface area contributed by atoms with E-state index in [0.29, 0.717) is 5.56 Å². The third-order valence-corrected chi connectivity index (χ3v) is 4.23. The second kappa shape index (κ2) is 5.25. The van der Waals surface area contributed by atoms with Crippen molar-refractivity contribution in [3.8, 4) is 0 Å². The molecule has 2 heterocycles. The summed E-state index contributed by atoms with van der Waals surface area (Å²) in [7, 11) is -3.88. The van der Waals surface area contributed by atoms with Crippen LogP contribution in [-0.4, -0.2) is 29.5 Å². The molecule has 0 saturated carbocycles. The molecule has 0 saturated heterocycles. The topological polar surface area (TPSA) is 112 Å². The summed E-state index contributed by atoms with van der Waals surface area (Å²) in [6, 6.07) is 2.75. The fourth-order valence-corrected chi connectivity index (χ4v) is 3.01. The van der Waals surface area contributed by atoms with Crippen LogP contribution in [0, 0.1) is 6.92 Å². The summed E-state index contributed by atoms with van der Waals surface area (Å²) in [5.41, 5.74) is 0.433. The van der Waals surface area contributed by atoms with Crippen molar-refractivity contribution in [2.45, 2.75) is 11.8 Å². The average molecular weight is 360 g/mol. The van der Waals surface area contributed by atoms with Crippen molar-refractivity contribution >= 4 is 37.7 Å². The number of carboxylic acid groups (broad SMARTS) is 1. The molecule has 0 aliphatic carbocycles. The first kappa shape index (κ1) is 14.5. The monoisotopic (exact) mass is 359 g/mol. The van der Waals surface area contributed by atoms with Gasteiger partial charge in [0.1, 0.15) is 16.4 Å². The van der Waals surface area contributed by atoms with Crippen LogP contribution in [0.5, 0.6) is 0 Å². The van der Waals surface area contributed by atoms with Gasteiger partial charge in [0, 0.05) is 16.9 Å². The molecule has 7 nitrogen and oxygen atoms in total. The van der Waals surface area contributed by atoms with Gasteiger partial charge in [-0.3, -0.25) is 4.72 Å². The van der Waals surface area contributed by atoms with Crippen LogP contribution in [0.1, 0.15) is 16.1 Å². The highest BCUT2D eigenvalue weighted by atomic mass is 79.9. The Kier molecular flexibility index (Phi) is 3.82. The number of sulfonamides is 1. The second-order valence-corrected chi connectivity index (χ2v) is 6.58. The third-order valence-electron chi connectivity index (χ3n) is 2.47. The molecule has 20 heavy (non-hydrogen) atoms. The van der Waals surface area contributed by atoms with Gasteiger partial charge in [-0.1, -0.05) is 0 Å². The molecule has 9 heteroatoms. The molecule has 106 valence electrons. The van der Waals surface area contributed by atoms with Gasteiger partial charge in [0.15, 0.2) is 0 Å². The predicted octanol–water partition coefficient (Wildman–Crippen LogP) is 1.98. The van der Waals surface area contributed by atoms with E-state index < -0.39 is 16.0 Å². The van der Waals surface area contributed by atoms with E-state index in [2.05, 4.69) is 30.6 Å². The summed E-state index contributed by atoms with van der Waals surface area (Å²) in [5, 5.41) is 8.76. The van der Waals surface area contributed by atoms with E-state index in [1.54, 1.807) is 13.0 Å². The lowest BCUT2D eigenvalue weighted by Gasteiger charge is -2.08. The molecule has 0 aromatic carbocycles. The Morgan fingerprint density at radius 1 is 1.45 bits per heavy atom. The number of nitrogens with one attached hydrogen (secondary N) is 2. The van der Waals surface area contributed by atoms with Gasteiger partial charge in [0.25, 0.3) is 10.0 Å². The molecule has 0 amide bonds. The SMILES string of the molecule is Cc1cc(Br)cnc1NS(=O)(=O)c1c[nH]c(C(=O)O)c1. The van der Waals surface area contributed by atoms with Crippen LogP contribution in [-0.2, 0) is 10.0 Å². The maximum absolute atomic E-state index is 12.1. The standard InChI is InChI=1S/C11H10BrN3O4S/c1-6-2-7(12)4-14-10(6)15-20(18,19)8-3-9(11(16)17)13-5-8/h2-5,13H,1H3,(H,14,15)(H,16,17). The summed E-state index contributed by atoms with van der Waals surface area (Å²) >= 11 is 3.23. The first-order valence-electron chi connectivity index (χ1n) is 5.36. The largest absolute Gasteiger partial charge is 0.477 e. The van der Waals surface area contributed by atoms with Crippen molar-refractivity contribution in [3.63, 3.8) is 0 Å². The maximum Gasteiger partial charge on any atom is 0.352 e. The minimum absolute atomic E-state index is 0.168. The van der Waals surface area contributed by atoms with E-state index >= 15 is 0 Å². The Morgan fingerprint density at radius 3 is 2.70 bits per heavy atom. The van der Waals surface area contributed by atoms with Crippen molar-refractivity contribution in [1.29, 1.82) is 0 Å². The van der Waals surface area contributed by atoms with E-state index in [0.717, 1.165) is 16.7 Å². The number of nitrogens with zero attached hydrogens (tertiary/aromatic N) is 1. The highest BCUT2D eigenvalue weighted by Crippen LogP contribution is 2.20. The summed E-state index contributed by atoms with van der Waals surface area (Å²) in [6.45, 7) is 1.70. The van der Waals surface area contributed by atoms with Crippen LogP contribution >= 0.6 is 15.9 Å². The number of carboxylic acids is 1. The molecule has 0 spiro atoms. The van der Waals surface area contributed by atoms with Gasteiger partial charge < -0.3 is 10.1 Å². The van der Waals surface area contributed by atoms with Gasteiger partial charge in [-0.15, -0.1) is 0 Å². The zero-order valence-electron chi connectivity index (χ0n) is 10.2. The highest BCUT2D eigenvalue weighted by Gasteiger charge is 2.19. The Balaban J connectivity index is 2.33. The number of halogens is 1. The van der Waals surface area contributed by atoms with Crippen LogP contribution in [0.25, 0.3) is 0 Å². The minimum atomic E-state index is -3.88. The number of pyridine rings is 1. The number of aryl methyl sites for hydroxylation is 1. The number of hydrogen-bond donors (Lipinski definition) is 3. The highest BCUT2D eigenvalue weighted by molar-refractivity contribution is 9.10. The van der Waals surface area contributed by atoms with Gasteiger partial charge >= 0.3 is 5.97 Å². The lowest BCUT2D eigenvalue weighted by atomic mass is 10.3.